The zero-order chi connectivity index (χ0) is 25.2. The molecule has 6 rings (SSSR count). The van der Waals surface area contributed by atoms with Gasteiger partial charge in [-0.25, -0.2) is 9.97 Å². The number of aryl methyl sites for hydroxylation is 1. The minimum absolute atomic E-state index is 0.128. The van der Waals surface area contributed by atoms with Crippen molar-refractivity contribution in [3.63, 3.8) is 0 Å². The first-order chi connectivity index (χ1) is 18.1. The third-order valence-corrected chi connectivity index (χ3v) is 6.98. The number of fused-ring (bicyclic) bond motifs is 3. The second-order valence-corrected chi connectivity index (χ2v) is 9.82. The number of aromatic nitrogens is 3. The summed E-state index contributed by atoms with van der Waals surface area (Å²) in [7, 11) is 0. The number of rotatable bonds is 9. The first-order valence-electron chi connectivity index (χ1n) is 12.1. The molecule has 0 radical (unpaired) electrons. The van der Waals surface area contributed by atoms with Crippen molar-refractivity contribution in [3.05, 3.63) is 65.7 Å². The van der Waals surface area contributed by atoms with Crippen LogP contribution < -0.4 is 25.4 Å². The minimum atomic E-state index is 0.128. The van der Waals surface area contributed by atoms with Crippen molar-refractivity contribution < 1.29 is 14.6 Å². The van der Waals surface area contributed by atoms with Crippen LogP contribution in [-0.2, 0) is 6.54 Å². The number of thiazole rings is 1. The molecule has 3 heterocycles. The third kappa shape index (κ3) is 5.07. The Hall–Kier alpha value is -4.15. The molecule has 0 saturated carbocycles. The predicted molar refractivity (Wildman–Crippen MR) is 147 cm³/mol. The number of aliphatic hydroxyl groups is 1. The van der Waals surface area contributed by atoms with Gasteiger partial charge in [0.15, 0.2) is 16.6 Å². The lowest BCUT2D eigenvalue weighted by atomic mass is 10.1. The third-order valence-electron chi connectivity index (χ3n) is 6.00. The molecule has 37 heavy (non-hydrogen) atoms. The highest BCUT2D eigenvalue weighted by Gasteiger charge is 2.14. The molecule has 0 bridgehead atoms. The van der Waals surface area contributed by atoms with Crippen LogP contribution in [0.4, 0.5) is 22.6 Å². The molecule has 4 N–H and O–H groups in total. The van der Waals surface area contributed by atoms with E-state index in [0.717, 1.165) is 60.4 Å². The molecule has 0 fully saturated rings. The van der Waals surface area contributed by atoms with E-state index in [9.17, 15) is 0 Å². The molecule has 1 aliphatic heterocycles. The number of ether oxygens (including phenoxy) is 2. The molecule has 0 aliphatic carbocycles. The Bertz CT molecular complexity index is 1590. The molecule has 0 amide bonds. The molecule has 0 atom stereocenters. The molecule has 188 valence electrons. The van der Waals surface area contributed by atoms with Gasteiger partial charge < -0.3 is 30.5 Å². The van der Waals surface area contributed by atoms with Gasteiger partial charge in [0.2, 0.25) is 12.7 Å². The number of hydrogen-bond donors (Lipinski definition) is 4. The SMILES string of the molecule is Cc1ccc2nc(Nc3ccc4nc(NCc5ccc6c(c5)OCO6)sc4c3)nc(NCCCO)c2c1. The Morgan fingerprint density at radius 1 is 0.919 bits per heavy atom. The average molecular weight is 515 g/mol. The minimum Gasteiger partial charge on any atom is -0.454 e. The summed E-state index contributed by atoms with van der Waals surface area (Å²) in [5, 5.41) is 21.1. The van der Waals surface area contributed by atoms with Crippen LogP contribution in [0.1, 0.15) is 17.5 Å². The standard InChI is InChI=1S/C27H26N6O3S/c1-16-3-6-20-19(11-16)25(28-9-2-10-34)33-26(31-20)30-18-5-7-21-24(13-18)37-27(32-21)29-14-17-4-8-22-23(12-17)36-15-35-22/h3-8,11-13,34H,2,9-10,14-15H2,1H3,(H,29,32)(H2,28,30,31,33). The van der Waals surface area contributed by atoms with Crippen molar-refractivity contribution in [2.24, 2.45) is 0 Å². The molecule has 10 heteroatoms. The molecule has 3 aromatic carbocycles. The quantitative estimate of drug-likeness (QED) is 0.191. The molecular weight excluding hydrogens is 488 g/mol. The van der Waals surface area contributed by atoms with E-state index in [0.29, 0.717) is 25.5 Å². The van der Waals surface area contributed by atoms with E-state index >= 15 is 0 Å². The Kier molecular flexibility index (Phi) is 6.33. The van der Waals surface area contributed by atoms with Crippen molar-refractivity contribution in [2.75, 3.05) is 35.9 Å². The molecule has 9 nitrogen and oxygen atoms in total. The number of aliphatic hydroxyl groups excluding tert-OH is 1. The summed E-state index contributed by atoms with van der Waals surface area (Å²) >= 11 is 1.59. The van der Waals surface area contributed by atoms with Crippen molar-refractivity contribution in [3.8, 4) is 11.5 Å². The summed E-state index contributed by atoms with van der Waals surface area (Å²) in [5.74, 6) is 2.81. The highest BCUT2D eigenvalue weighted by molar-refractivity contribution is 7.22. The van der Waals surface area contributed by atoms with Gasteiger partial charge in [-0.2, -0.15) is 4.98 Å². The first kappa shape index (κ1) is 23.3. The lowest BCUT2D eigenvalue weighted by molar-refractivity contribution is 0.174. The van der Waals surface area contributed by atoms with Gasteiger partial charge >= 0.3 is 0 Å². The van der Waals surface area contributed by atoms with Crippen molar-refractivity contribution in [2.45, 2.75) is 19.9 Å². The van der Waals surface area contributed by atoms with Crippen molar-refractivity contribution in [1.29, 1.82) is 0 Å². The number of benzene rings is 3. The zero-order valence-electron chi connectivity index (χ0n) is 20.2. The van der Waals surface area contributed by atoms with Gasteiger partial charge in [-0.05, 0) is 61.4 Å². The Labute approximate surface area is 217 Å². The van der Waals surface area contributed by atoms with E-state index in [-0.39, 0.29) is 13.4 Å². The van der Waals surface area contributed by atoms with Crippen LogP contribution in [0.15, 0.2) is 54.6 Å². The lowest BCUT2D eigenvalue weighted by Crippen LogP contribution is -2.08. The number of hydrogen-bond acceptors (Lipinski definition) is 10. The Balaban J connectivity index is 1.20. The molecule has 1 aliphatic rings. The maximum atomic E-state index is 9.16. The van der Waals surface area contributed by atoms with Gasteiger partial charge in [-0.3, -0.25) is 0 Å². The van der Waals surface area contributed by atoms with Crippen LogP contribution in [0, 0.1) is 6.92 Å². The Morgan fingerprint density at radius 2 is 1.81 bits per heavy atom. The maximum Gasteiger partial charge on any atom is 0.231 e. The van der Waals surface area contributed by atoms with Gasteiger partial charge in [-0.1, -0.05) is 29.0 Å². The van der Waals surface area contributed by atoms with E-state index in [1.165, 1.54) is 0 Å². The van der Waals surface area contributed by atoms with E-state index in [1.807, 2.05) is 49.4 Å². The number of nitrogens with one attached hydrogen (secondary N) is 3. The molecule has 0 saturated heterocycles. The van der Waals surface area contributed by atoms with Gasteiger partial charge in [0.05, 0.1) is 15.7 Å². The van der Waals surface area contributed by atoms with Crippen LogP contribution in [0.5, 0.6) is 11.5 Å². The molecule has 5 aromatic rings. The molecule has 0 spiro atoms. The second kappa shape index (κ2) is 10.1. The van der Waals surface area contributed by atoms with Gasteiger partial charge in [-0.15, -0.1) is 0 Å². The summed E-state index contributed by atoms with van der Waals surface area (Å²) in [4.78, 5) is 14.2. The predicted octanol–water partition coefficient (Wildman–Crippen LogP) is 5.43. The van der Waals surface area contributed by atoms with Crippen molar-refractivity contribution >= 4 is 55.0 Å². The zero-order valence-corrected chi connectivity index (χ0v) is 21.1. The summed E-state index contributed by atoms with van der Waals surface area (Å²) in [6.45, 7) is 3.71. The molecule has 0 unspecified atom stereocenters. The van der Waals surface area contributed by atoms with E-state index in [1.54, 1.807) is 11.3 Å². The normalized spacial score (nSPS) is 12.3. The smallest absolute Gasteiger partial charge is 0.231 e. The largest absolute Gasteiger partial charge is 0.454 e. The summed E-state index contributed by atoms with van der Waals surface area (Å²) in [5.41, 5.74) is 4.89. The van der Waals surface area contributed by atoms with Crippen LogP contribution in [0.3, 0.4) is 0 Å². The van der Waals surface area contributed by atoms with Gasteiger partial charge in [0, 0.05) is 30.8 Å². The highest BCUT2D eigenvalue weighted by atomic mass is 32.1. The topological polar surface area (TPSA) is 113 Å². The van der Waals surface area contributed by atoms with Gasteiger partial charge in [0.1, 0.15) is 5.82 Å². The number of anilines is 4. The molecule has 2 aromatic heterocycles. The van der Waals surface area contributed by atoms with Crippen LogP contribution in [0.25, 0.3) is 21.1 Å². The van der Waals surface area contributed by atoms with Crippen molar-refractivity contribution in [1.82, 2.24) is 15.0 Å². The summed E-state index contributed by atoms with van der Waals surface area (Å²) < 4.78 is 11.9. The average Bonchev–Trinajstić information content (AvgIpc) is 3.54. The second-order valence-electron chi connectivity index (χ2n) is 8.79. The first-order valence-corrected chi connectivity index (χ1v) is 12.9. The van der Waals surface area contributed by atoms with Crippen LogP contribution >= 0.6 is 11.3 Å². The lowest BCUT2D eigenvalue weighted by Gasteiger charge is -2.12. The fourth-order valence-corrected chi connectivity index (χ4v) is 5.06. The van der Waals surface area contributed by atoms with Crippen LogP contribution in [0.2, 0.25) is 0 Å². The fraction of sp³-hybridized carbons (Fsp3) is 0.222. The summed E-state index contributed by atoms with van der Waals surface area (Å²) in [6, 6.07) is 18.1. The molecular formula is C27H26N6O3S. The highest BCUT2D eigenvalue weighted by Crippen LogP contribution is 2.34. The van der Waals surface area contributed by atoms with E-state index < -0.39 is 0 Å². The maximum absolute atomic E-state index is 9.16. The van der Waals surface area contributed by atoms with E-state index in [4.69, 9.17) is 29.5 Å². The van der Waals surface area contributed by atoms with Crippen LogP contribution in [-0.4, -0.2) is 40.0 Å². The van der Waals surface area contributed by atoms with E-state index in [2.05, 4.69) is 28.1 Å². The monoisotopic (exact) mass is 514 g/mol. The van der Waals surface area contributed by atoms with Gasteiger partial charge in [0.25, 0.3) is 0 Å². The Morgan fingerprint density at radius 3 is 2.73 bits per heavy atom. The summed E-state index contributed by atoms with van der Waals surface area (Å²) in [6.07, 6.45) is 0.646. The number of nitrogens with zero attached hydrogens (tertiary/aromatic N) is 3. The fourth-order valence-electron chi connectivity index (χ4n) is 4.15.